The Balaban J connectivity index is 2.06. The third kappa shape index (κ3) is 4.39. The number of rotatable bonds is 8. The zero-order chi connectivity index (χ0) is 20.3. The third-order valence-corrected chi connectivity index (χ3v) is 6.25. The van der Waals surface area contributed by atoms with Crippen molar-refractivity contribution in [1.82, 2.24) is 5.32 Å². The highest BCUT2D eigenvalue weighted by molar-refractivity contribution is 7.93. The van der Waals surface area contributed by atoms with Crippen molar-refractivity contribution in [2.45, 2.75) is 30.7 Å². The highest BCUT2D eigenvalue weighted by Crippen LogP contribution is 2.32. The number of sulfonamides is 1. The lowest BCUT2D eigenvalue weighted by Gasteiger charge is -2.25. The molecule has 0 radical (unpaired) electrons. The molecule has 1 aliphatic rings. The van der Waals surface area contributed by atoms with Crippen LogP contribution in [0.1, 0.15) is 18.4 Å². The van der Waals surface area contributed by atoms with E-state index < -0.39 is 10.0 Å². The molecule has 1 saturated carbocycles. The van der Waals surface area contributed by atoms with Gasteiger partial charge in [0.05, 0.1) is 19.9 Å². The van der Waals surface area contributed by atoms with E-state index in [0.717, 1.165) is 22.7 Å². The van der Waals surface area contributed by atoms with Crippen LogP contribution in [0, 0.1) is 6.92 Å². The zero-order valence-electron chi connectivity index (χ0n) is 16.1. The van der Waals surface area contributed by atoms with Crippen LogP contribution in [0.3, 0.4) is 0 Å². The predicted molar refractivity (Wildman–Crippen MR) is 106 cm³/mol. The van der Waals surface area contributed by atoms with E-state index in [-0.39, 0.29) is 29.1 Å². The largest absolute Gasteiger partial charge is 0.497 e. The molecule has 0 saturated heterocycles. The van der Waals surface area contributed by atoms with Gasteiger partial charge in [0.25, 0.3) is 10.0 Å². The van der Waals surface area contributed by atoms with E-state index in [4.69, 9.17) is 9.47 Å². The zero-order valence-corrected chi connectivity index (χ0v) is 17.0. The third-order valence-electron chi connectivity index (χ3n) is 4.46. The van der Waals surface area contributed by atoms with Gasteiger partial charge in [0.2, 0.25) is 5.91 Å². The maximum Gasteiger partial charge on any atom is 0.268 e. The summed E-state index contributed by atoms with van der Waals surface area (Å²) in [7, 11) is -1.15. The number of amides is 1. The Morgan fingerprint density at radius 2 is 1.89 bits per heavy atom. The number of ether oxygens (including phenoxy) is 2. The second-order valence-electron chi connectivity index (χ2n) is 6.71. The van der Waals surface area contributed by atoms with Gasteiger partial charge in [0.1, 0.15) is 22.9 Å². The van der Waals surface area contributed by atoms with E-state index in [1.807, 2.05) is 0 Å². The molecule has 1 aliphatic carbocycles. The highest BCUT2D eigenvalue weighted by atomic mass is 32.2. The van der Waals surface area contributed by atoms with Gasteiger partial charge in [0, 0.05) is 12.1 Å². The van der Waals surface area contributed by atoms with Crippen molar-refractivity contribution < 1.29 is 22.7 Å². The maximum absolute atomic E-state index is 13.5. The van der Waals surface area contributed by atoms with Crippen molar-refractivity contribution in [2.75, 3.05) is 25.1 Å². The molecular weight excluding hydrogens is 380 g/mol. The van der Waals surface area contributed by atoms with Gasteiger partial charge in [-0.05, 0) is 49.6 Å². The van der Waals surface area contributed by atoms with Crippen LogP contribution < -0.4 is 19.1 Å². The lowest BCUT2D eigenvalue weighted by Crippen LogP contribution is -2.41. The van der Waals surface area contributed by atoms with E-state index in [9.17, 15) is 13.2 Å². The molecule has 0 atom stereocenters. The van der Waals surface area contributed by atoms with Gasteiger partial charge in [-0.15, -0.1) is 0 Å². The lowest BCUT2D eigenvalue weighted by atomic mass is 10.2. The minimum Gasteiger partial charge on any atom is -0.497 e. The second kappa shape index (κ2) is 8.10. The number of carbonyl (C=O) groups is 1. The molecule has 1 fully saturated rings. The van der Waals surface area contributed by atoms with Crippen molar-refractivity contribution in [2.24, 2.45) is 0 Å². The highest BCUT2D eigenvalue weighted by Gasteiger charge is 2.32. The fraction of sp³-hybridized carbons (Fsp3) is 0.350. The van der Waals surface area contributed by atoms with Crippen LogP contribution in [0.5, 0.6) is 11.5 Å². The molecule has 0 aromatic heterocycles. The van der Waals surface area contributed by atoms with Crippen LogP contribution in [-0.4, -0.2) is 41.1 Å². The number of aryl methyl sites for hydroxylation is 1. The number of anilines is 1. The Kier molecular flexibility index (Phi) is 5.79. The number of nitrogens with one attached hydrogen (secondary N) is 1. The van der Waals surface area contributed by atoms with Gasteiger partial charge in [0.15, 0.2) is 0 Å². The summed E-state index contributed by atoms with van der Waals surface area (Å²) in [6, 6.07) is 11.7. The fourth-order valence-corrected chi connectivity index (χ4v) is 4.47. The standard InChI is InChI=1S/C20H24N2O5S/c1-14-7-10-18(27-3)19(11-14)28(24,25)22(13-20(23)21-15-8-9-15)16-5-4-6-17(12-16)26-2/h4-7,10-12,15H,8-9,13H2,1-3H3,(H,21,23). The van der Waals surface area contributed by atoms with Crippen LogP contribution in [0.2, 0.25) is 0 Å². The second-order valence-corrected chi connectivity index (χ2v) is 8.54. The van der Waals surface area contributed by atoms with E-state index in [1.54, 1.807) is 49.4 Å². The van der Waals surface area contributed by atoms with Crippen molar-refractivity contribution in [3.8, 4) is 11.5 Å². The number of hydrogen-bond acceptors (Lipinski definition) is 5. The van der Waals surface area contributed by atoms with Crippen molar-refractivity contribution in [3.05, 3.63) is 48.0 Å². The predicted octanol–water partition coefficient (Wildman–Crippen LogP) is 2.49. The Morgan fingerprint density at radius 3 is 2.54 bits per heavy atom. The van der Waals surface area contributed by atoms with Gasteiger partial charge in [-0.25, -0.2) is 8.42 Å². The minimum atomic E-state index is -4.06. The molecule has 2 aromatic rings. The maximum atomic E-state index is 13.5. The monoisotopic (exact) mass is 404 g/mol. The molecule has 0 unspecified atom stereocenters. The molecule has 1 amide bonds. The molecule has 8 heteroatoms. The molecule has 0 aliphatic heterocycles. The summed E-state index contributed by atoms with van der Waals surface area (Å²) in [5.41, 5.74) is 1.11. The molecule has 7 nitrogen and oxygen atoms in total. The van der Waals surface area contributed by atoms with Gasteiger partial charge in [-0.3, -0.25) is 9.10 Å². The first-order valence-electron chi connectivity index (χ1n) is 8.96. The summed E-state index contributed by atoms with van der Waals surface area (Å²) >= 11 is 0. The first-order valence-corrected chi connectivity index (χ1v) is 10.4. The van der Waals surface area contributed by atoms with Crippen LogP contribution in [0.15, 0.2) is 47.4 Å². The number of nitrogens with zero attached hydrogens (tertiary/aromatic N) is 1. The number of benzene rings is 2. The van der Waals surface area contributed by atoms with Gasteiger partial charge >= 0.3 is 0 Å². The quantitative estimate of drug-likeness (QED) is 0.731. The fourth-order valence-electron chi connectivity index (χ4n) is 2.82. The van der Waals surface area contributed by atoms with Crippen molar-refractivity contribution in [1.29, 1.82) is 0 Å². The van der Waals surface area contributed by atoms with Crippen LogP contribution >= 0.6 is 0 Å². The molecular formula is C20H24N2O5S. The van der Waals surface area contributed by atoms with Crippen LogP contribution in [0.25, 0.3) is 0 Å². The molecule has 3 rings (SSSR count). The Labute approximate surface area is 165 Å². The number of hydrogen-bond donors (Lipinski definition) is 1. The minimum absolute atomic E-state index is 0.0111. The molecule has 1 N–H and O–H groups in total. The van der Waals surface area contributed by atoms with Crippen molar-refractivity contribution in [3.63, 3.8) is 0 Å². The van der Waals surface area contributed by atoms with E-state index >= 15 is 0 Å². The summed E-state index contributed by atoms with van der Waals surface area (Å²) in [4.78, 5) is 12.5. The summed E-state index contributed by atoms with van der Waals surface area (Å²) in [6.07, 6.45) is 1.84. The number of methoxy groups -OCH3 is 2. The number of carbonyl (C=O) groups excluding carboxylic acids is 1. The van der Waals surface area contributed by atoms with E-state index in [1.165, 1.54) is 14.2 Å². The smallest absolute Gasteiger partial charge is 0.268 e. The van der Waals surface area contributed by atoms with Crippen LogP contribution in [-0.2, 0) is 14.8 Å². The van der Waals surface area contributed by atoms with Gasteiger partial charge in [-0.1, -0.05) is 12.1 Å². The van der Waals surface area contributed by atoms with E-state index in [2.05, 4.69) is 5.32 Å². The first kappa shape index (κ1) is 20.0. The summed E-state index contributed by atoms with van der Waals surface area (Å²) < 4.78 is 38.6. The topological polar surface area (TPSA) is 84.9 Å². The summed E-state index contributed by atoms with van der Waals surface area (Å²) in [5, 5.41) is 2.84. The molecule has 28 heavy (non-hydrogen) atoms. The summed E-state index contributed by atoms with van der Waals surface area (Å²) in [6.45, 7) is 1.47. The Hall–Kier alpha value is -2.74. The van der Waals surface area contributed by atoms with Crippen LogP contribution in [0.4, 0.5) is 5.69 Å². The Bertz CT molecular complexity index is 970. The van der Waals surface area contributed by atoms with Gasteiger partial charge in [-0.2, -0.15) is 0 Å². The average molecular weight is 404 g/mol. The molecule has 2 aromatic carbocycles. The van der Waals surface area contributed by atoms with Crippen molar-refractivity contribution >= 4 is 21.6 Å². The molecule has 0 spiro atoms. The first-order chi connectivity index (χ1) is 13.3. The molecule has 0 bridgehead atoms. The molecule has 150 valence electrons. The molecule has 0 heterocycles. The van der Waals surface area contributed by atoms with E-state index in [0.29, 0.717) is 11.4 Å². The average Bonchev–Trinajstić information content (AvgIpc) is 3.50. The SMILES string of the molecule is COc1cccc(N(CC(=O)NC2CC2)S(=O)(=O)c2cc(C)ccc2OC)c1. The summed E-state index contributed by atoms with van der Waals surface area (Å²) in [5.74, 6) is 0.373. The van der Waals surface area contributed by atoms with Gasteiger partial charge < -0.3 is 14.8 Å². The Morgan fingerprint density at radius 1 is 1.14 bits per heavy atom. The lowest BCUT2D eigenvalue weighted by molar-refractivity contribution is -0.119. The normalized spacial score (nSPS) is 13.7.